The van der Waals surface area contributed by atoms with Crippen LogP contribution in [0.15, 0.2) is 82.5 Å². The van der Waals surface area contributed by atoms with E-state index in [0.29, 0.717) is 5.57 Å². The predicted octanol–water partition coefficient (Wildman–Crippen LogP) is 4.55. The van der Waals surface area contributed by atoms with Crippen LogP contribution >= 0.6 is 0 Å². The number of ketones is 1. The van der Waals surface area contributed by atoms with Crippen LogP contribution in [0.3, 0.4) is 0 Å². The van der Waals surface area contributed by atoms with E-state index in [-0.39, 0.29) is 6.42 Å². The minimum atomic E-state index is -2.33. The van der Waals surface area contributed by atoms with E-state index < -0.39 is 41.4 Å². The van der Waals surface area contributed by atoms with E-state index >= 15 is 0 Å². The number of esters is 1. The first-order valence-corrected chi connectivity index (χ1v) is 11.7. The van der Waals surface area contributed by atoms with Crippen LogP contribution < -0.4 is 0 Å². The van der Waals surface area contributed by atoms with Crippen LogP contribution in [0.2, 0.25) is 0 Å². The van der Waals surface area contributed by atoms with Crippen LogP contribution in [0.25, 0.3) is 0 Å². The summed E-state index contributed by atoms with van der Waals surface area (Å²) in [5.74, 6) is -3.55. The van der Waals surface area contributed by atoms with Crippen molar-refractivity contribution in [1.29, 1.82) is 0 Å². The SMILES string of the molecule is CC(C)=C/C=C/C=C(C)/C=C/C=C(C)/C=C/C1=C(C)C(=O)C(OC(=O)C(O)C(O)C(=O)O)CC1(C)C. The Kier molecular flexibility index (Phi) is 11.7. The van der Waals surface area contributed by atoms with E-state index in [1.54, 1.807) is 6.92 Å². The Hall–Kier alpha value is -3.29. The summed E-state index contributed by atoms with van der Waals surface area (Å²) < 4.78 is 5.09. The van der Waals surface area contributed by atoms with Crippen molar-refractivity contribution >= 4 is 17.7 Å². The van der Waals surface area contributed by atoms with Gasteiger partial charge in [0.2, 0.25) is 0 Å². The third-order valence-corrected chi connectivity index (χ3v) is 5.67. The third-order valence-electron chi connectivity index (χ3n) is 5.67. The third kappa shape index (κ3) is 9.40. The lowest BCUT2D eigenvalue weighted by molar-refractivity contribution is -0.175. The highest BCUT2D eigenvalue weighted by atomic mass is 16.6. The molecule has 0 bridgehead atoms. The van der Waals surface area contributed by atoms with Crippen molar-refractivity contribution in [3.8, 4) is 0 Å². The first kappa shape index (κ1) is 30.7. The molecule has 3 N–H and O–H groups in total. The lowest BCUT2D eigenvalue weighted by atomic mass is 9.71. The fourth-order valence-electron chi connectivity index (χ4n) is 3.60. The summed E-state index contributed by atoms with van der Waals surface area (Å²) in [4.78, 5) is 35.7. The molecule has 0 fully saturated rings. The van der Waals surface area contributed by atoms with Gasteiger partial charge in [-0.2, -0.15) is 0 Å². The average Bonchev–Trinajstić information content (AvgIpc) is 2.78. The van der Waals surface area contributed by atoms with Crippen molar-refractivity contribution < 1.29 is 34.4 Å². The van der Waals surface area contributed by atoms with E-state index in [2.05, 4.69) is 0 Å². The van der Waals surface area contributed by atoms with Gasteiger partial charge in [0.05, 0.1) is 0 Å². The van der Waals surface area contributed by atoms with Gasteiger partial charge in [0.1, 0.15) is 0 Å². The van der Waals surface area contributed by atoms with E-state index in [0.717, 1.165) is 16.7 Å². The second-order valence-corrected chi connectivity index (χ2v) is 9.79. The van der Waals surface area contributed by atoms with Crippen molar-refractivity contribution in [2.75, 3.05) is 0 Å². The molecule has 1 aliphatic rings. The number of hydrogen-bond donors (Lipinski definition) is 3. The lowest BCUT2D eigenvalue weighted by Crippen LogP contribution is -2.45. The van der Waals surface area contributed by atoms with Gasteiger partial charge in [-0.05, 0) is 51.2 Å². The summed E-state index contributed by atoms with van der Waals surface area (Å²) >= 11 is 0. The van der Waals surface area contributed by atoms with Gasteiger partial charge in [0.15, 0.2) is 24.1 Å². The molecule has 1 aliphatic carbocycles. The Balaban J connectivity index is 2.97. The number of Topliss-reactive ketones (excluding diaryl/α,β-unsaturated/α-hetero) is 1. The molecular weight excluding hydrogens is 460 g/mol. The summed E-state index contributed by atoms with van der Waals surface area (Å²) in [5.41, 5.74) is 3.98. The summed E-state index contributed by atoms with van der Waals surface area (Å²) in [6, 6.07) is 0. The highest BCUT2D eigenvalue weighted by Crippen LogP contribution is 2.40. The molecule has 0 amide bonds. The summed E-state index contributed by atoms with van der Waals surface area (Å²) in [5, 5.41) is 27.8. The van der Waals surface area contributed by atoms with E-state index in [1.807, 2.05) is 96.2 Å². The number of carboxylic acid groups (broad SMARTS) is 1. The van der Waals surface area contributed by atoms with Crippen LogP contribution in [-0.4, -0.2) is 51.4 Å². The Morgan fingerprint density at radius 2 is 1.50 bits per heavy atom. The molecule has 0 aromatic rings. The van der Waals surface area contributed by atoms with Gasteiger partial charge in [0, 0.05) is 6.42 Å². The Morgan fingerprint density at radius 1 is 0.944 bits per heavy atom. The smallest absolute Gasteiger partial charge is 0.339 e. The number of carbonyl (C=O) groups is 3. The van der Waals surface area contributed by atoms with Gasteiger partial charge in [-0.15, -0.1) is 0 Å². The van der Waals surface area contributed by atoms with Gasteiger partial charge in [-0.3, -0.25) is 4.79 Å². The largest absolute Gasteiger partial charge is 0.479 e. The van der Waals surface area contributed by atoms with Gasteiger partial charge in [0.25, 0.3) is 0 Å². The molecule has 36 heavy (non-hydrogen) atoms. The maximum absolute atomic E-state index is 12.9. The van der Waals surface area contributed by atoms with Gasteiger partial charge in [-0.1, -0.05) is 85.3 Å². The van der Waals surface area contributed by atoms with E-state index in [9.17, 15) is 24.6 Å². The summed E-state index contributed by atoms with van der Waals surface area (Å²) in [7, 11) is 0. The minimum absolute atomic E-state index is 0.150. The maximum atomic E-state index is 12.9. The number of carbonyl (C=O) groups excluding carboxylic acids is 2. The summed E-state index contributed by atoms with van der Waals surface area (Å²) in [6.07, 6.45) is 12.1. The quantitative estimate of drug-likeness (QED) is 0.298. The normalized spacial score (nSPS) is 20.8. The Bertz CT molecular complexity index is 1060. The van der Waals surface area contributed by atoms with Crippen molar-refractivity contribution in [2.24, 2.45) is 5.41 Å². The Labute approximate surface area is 213 Å². The molecule has 0 saturated heterocycles. The van der Waals surface area contributed by atoms with Crippen molar-refractivity contribution in [2.45, 2.75) is 73.2 Å². The fourth-order valence-corrected chi connectivity index (χ4v) is 3.60. The molecule has 0 aliphatic heterocycles. The zero-order valence-corrected chi connectivity index (χ0v) is 22.1. The number of aliphatic hydroxyl groups excluding tert-OH is 2. The van der Waals surface area contributed by atoms with Crippen LogP contribution in [0, 0.1) is 5.41 Å². The fraction of sp³-hybridized carbons (Fsp3) is 0.414. The summed E-state index contributed by atoms with van der Waals surface area (Å²) in [6.45, 7) is 13.5. The number of carboxylic acids is 1. The van der Waals surface area contributed by atoms with E-state index in [1.165, 1.54) is 5.57 Å². The molecule has 7 heteroatoms. The minimum Gasteiger partial charge on any atom is -0.479 e. The zero-order chi connectivity index (χ0) is 27.6. The standard InChI is InChI=1S/C29H38O7/c1-18(2)11-8-9-12-19(3)13-10-14-20(4)15-16-22-21(5)24(30)23(17-29(22,6)7)36-28(35)26(32)25(31)27(33)34/h8-16,23,25-26,31-32H,17H2,1-7H3,(H,33,34)/b9-8+,13-10+,16-15+,19-12+,20-14+. The van der Waals surface area contributed by atoms with Crippen LogP contribution in [0.5, 0.6) is 0 Å². The van der Waals surface area contributed by atoms with Crippen molar-refractivity contribution in [3.05, 3.63) is 82.5 Å². The zero-order valence-electron chi connectivity index (χ0n) is 22.1. The molecule has 0 heterocycles. The number of hydrogen-bond acceptors (Lipinski definition) is 6. The molecule has 0 spiro atoms. The highest BCUT2D eigenvalue weighted by Gasteiger charge is 2.41. The van der Waals surface area contributed by atoms with Crippen molar-refractivity contribution in [1.82, 2.24) is 0 Å². The molecule has 3 atom stereocenters. The highest BCUT2D eigenvalue weighted by molar-refractivity contribution is 6.02. The molecule has 0 aromatic heterocycles. The predicted molar refractivity (Wildman–Crippen MR) is 140 cm³/mol. The lowest BCUT2D eigenvalue weighted by Gasteiger charge is -2.36. The van der Waals surface area contributed by atoms with Gasteiger partial charge in [-0.25, -0.2) is 9.59 Å². The first-order valence-electron chi connectivity index (χ1n) is 11.7. The number of allylic oxidation sites excluding steroid dienone is 13. The van der Waals surface area contributed by atoms with Gasteiger partial charge < -0.3 is 20.1 Å². The molecule has 0 radical (unpaired) electrons. The molecule has 1 rings (SSSR count). The van der Waals surface area contributed by atoms with Gasteiger partial charge >= 0.3 is 11.9 Å². The molecule has 3 unspecified atom stereocenters. The average molecular weight is 499 g/mol. The second-order valence-electron chi connectivity index (χ2n) is 9.79. The monoisotopic (exact) mass is 498 g/mol. The first-order chi connectivity index (χ1) is 16.7. The second kappa shape index (κ2) is 13.7. The van der Waals surface area contributed by atoms with Crippen LogP contribution in [0.1, 0.15) is 54.9 Å². The molecular formula is C29H38O7. The number of aliphatic hydroxyl groups is 2. The maximum Gasteiger partial charge on any atom is 0.339 e. The van der Waals surface area contributed by atoms with E-state index in [4.69, 9.17) is 9.84 Å². The topological polar surface area (TPSA) is 121 Å². The Morgan fingerprint density at radius 3 is 2.08 bits per heavy atom. The molecule has 196 valence electrons. The molecule has 0 saturated carbocycles. The number of ether oxygens (including phenoxy) is 1. The number of aliphatic carboxylic acids is 1. The van der Waals surface area contributed by atoms with Crippen LogP contribution in [0.4, 0.5) is 0 Å². The number of rotatable bonds is 10. The van der Waals surface area contributed by atoms with Crippen LogP contribution in [-0.2, 0) is 19.1 Å². The van der Waals surface area contributed by atoms with Crippen molar-refractivity contribution in [3.63, 3.8) is 0 Å². The molecule has 0 aromatic carbocycles. The molecule has 7 nitrogen and oxygen atoms in total.